The highest BCUT2D eigenvalue weighted by Gasteiger charge is 2.15. The summed E-state index contributed by atoms with van der Waals surface area (Å²) in [5.41, 5.74) is 0.847. The van der Waals surface area contributed by atoms with E-state index >= 15 is 0 Å². The normalized spacial score (nSPS) is 14.5. The number of aromatic nitrogens is 2. The fourth-order valence-electron chi connectivity index (χ4n) is 2.18. The molecular weight excluding hydrogens is 302 g/mol. The van der Waals surface area contributed by atoms with E-state index in [1.807, 2.05) is 24.3 Å². The van der Waals surface area contributed by atoms with Crippen LogP contribution in [0.5, 0.6) is 0 Å². The molecule has 3 rings (SSSR count). The molecule has 7 heteroatoms. The van der Waals surface area contributed by atoms with Crippen LogP contribution >= 0.6 is 11.6 Å². The van der Waals surface area contributed by atoms with Gasteiger partial charge >= 0.3 is 0 Å². The first-order valence-corrected chi connectivity index (χ1v) is 7.27. The Kier molecular flexibility index (Phi) is 4.37. The first-order valence-electron chi connectivity index (χ1n) is 6.89. The zero-order chi connectivity index (χ0) is 15.4. The third-order valence-corrected chi connectivity index (χ3v) is 3.52. The SMILES string of the molecule is N#Cc1nc(Nc2ccc(Cl)cc2)cc(N2CCOCC2)n1. The maximum Gasteiger partial charge on any atom is 0.236 e. The molecule has 0 atom stereocenters. The number of nitriles is 1. The predicted molar refractivity (Wildman–Crippen MR) is 84.5 cm³/mol. The molecule has 1 N–H and O–H groups in total. The van der Waals surface area contributed by atoms with Gasteiger partial charge < -0.3 is 15.0 Å². The lowest BCUT2D eigenvalue weighted by Gasteiger charge is -2.28. The molecule has 0 radical (unpaired) electrons. The molecule has 112 valence electrons. The number of morpholine rings is 1. The monoisotopic (exact) mass is 315 g/mol. The van der Waals surface area contributed by atoms with Crippen LogP contribution in [-0.2, 0) is 4.74 Å². The average molecular weight is 316 g/mol. The molecule has 1 saturated heterocycles. The minimum Gasteiger partial charge on any atom is -0.378 e. The zero-order valence-electron chi connectivity index (χ0n) is 11.8. The van der Waals surface area contributed by atoms with Crippen molar-refractivity contribution in [2.24, 2.45) is 0 Å². The van der Waals surface area contributed by atoms with Gasteiger partial charge in [-0.2, -0.15) is 5.26 Å². The highest BCUT2D eigenvalue weighted by Crippen LogP contribution is 2.21. The molecule has 2 heterocycles. The molecule has 2 aromatic rings. The molecule has 0 amide bonds. The van der Waals surface area contributed by atoms with E-state index in [4.69, 9.17) is 21.6 Å². The lowest BCUT2D eigenvalue weighted by molar-refractivity contribution is 0.122. The van der Waals surface area contributed by atoms with Crippen LogP contribution in [0.25, 0.3) is 0 Å². The Morgan fingerprint density at radius 3 is 2.59 bits per heavy atom. The Bertz CT molecular complexity index is 692. The van der Waals surface area contributed by atoms with E-state index < -0.39 is 0 Å². The quantitative estimate of drug-likeness (QED) is 0.938. The van der Waals surface area contributed by atoms with Crippen LogP contribution in [0.15, 0.2) is 30.3 Å². The van der Waals surface area contributed by atoms with Crippen molar-refractivity contribution >= 4 is 28.9 Å². The van der Waals surface area contributed by atoms with Gasteiger partial charge in [0.05, 0.1) is 13.2 Å². The highest BCUT2D eigenvalue weighted by atomic mass is 35.5. The van der Waals surface area contributed by atoms with E-state index in [1.165, 1.54) is 0 Å². The number of nitrogens with one attached hydrogen (secondary N) is 1. The number of ether oxygens (including phenoxy) is 1. The van der Waals surface area contributed by atoms with E-state index in [0.29, 0.717) is 24.1 Å². The molecule has 0 saturated carbocycles. The molecule has 1 aromatic carbocycles. The number of halogens is 1. The molecule has 1 fully saturated rings. The van der Waals surface area contributed by atoms with Crippen molar-refractivity contribution in [3.8, 4) is 6.07 Å². The van der Waals surface area contributed by atoms with Crippen molar-refractivity contribution in [1.29, 1.82) is 5.26 Å². The van der Waals surface area contributed by atoms with Crippen molar-refractivity contribution in [3.63, 3.8) is 0 Å². The third kappa shape index (κ3) is 3.45. The zero-order valence-corrected chi connectivity index (χ0v) is 12.5. The molecule has 0 bridgehead atoms. The van der Waals surface area contributed by atoms with Gasteiger partial charge in [-0.3, -0.25) is 0 Å². The molecule has 6 nitrogen and oxygen atoms in total. The summed E-state index contributed by atoms with van der Waals surface area (Å²) in [7, 11) is 0. The summed E-state index contributed by atoms with van der Waals surface area (Å²) in [6.07, 6.45) is 0. The van der Waals surface area contributed by atoms with Gasteiger partial charge in [-0.05, 0) is 24.3 Å². The number of anilines is 3. The summed E-state index contributed by atoms with van der Waals surface area (Å²) < 4.78 is 5.34. The molecule has 0 spiro atoms. The topological polar surface area (TPSA) is 74.1 Å². The van der Waals surface area contributed by atoms with Crippen LogP contribution in [0.3, 0.4) is 0 Å². The van der Waals surface area contributed by atoms with E-state index in [1.54, 1.807) is 12.1 Å². The van der Waals surface area contributed by atoms with E-state index in [0.717, 1.165) is 24.6 Å². The largest absolute Gasteiger partial charge is 0.378 e. The first kappa shape index (κ1) is 14.6. The number of nitrogens with zero attached hydrogens (tertiary/aromatic N) is 4. The lowest BCUT2D eigenvalue weighted by atomic mass is 10.3. The minimum atomic E-state index is 0.139. The number of rotatable bonds is 3. The second kappa shape index (κ2) is 6.60. The van der Waals surface area contributed by atoms with Gasteiger partial charge in [0.15, 0.2) is 0 Å². The first-order chi connectivity index (χ1) is 10.7. The smallest absolute Gasteiger partial charge is 0.236 e. The van der Waals surface area contributed by atoms with Crippen LogP contribution in [-0.4, -0.2) is 36.3 Å². The molecule has 0 unspecified atom stereocenters. The average Bonchev–Trinajstić information content (AvgIpc) is 2.57. The molecule has 22 heavy (non-hydrogen) atoms. The van der Waals surface area contributed by atoms with Crippen molar-refractivity contribution in [3.05, 3.63) is 41.2 Å². The van der Waals surface area contributed by atoms with Gasteiger partial charge in [0, 0.05) is 29.9 Å². The Morgan fingerprint density at radius 1 is 1.18 bits per heavy atom. The summed E-state index contributed by atoms with van der Waals surface area (Å²) in [6, 6.07) is 11.1. The summed E-state index contributed by atoms with van der Waals surface area (Å²) in [4.78, 5) is 10.5. The fraction of sp³-hybridized carbons (Fsp3) is 0.267. The summed E-state index contributed by atoms with van der Waals surface area (Å²) in [5, 5.41) is 13.0. The fourth-order valence-corrected chi connectivity index (χ4v) is 2.31. The van der Waals surface area contributed by atoms with Crippen LogP contribution in [0, 0.1) is 11.3 Å². The van der Waals surface area contributed by atoms with Gasteiger partial charge in [-0.1, -0.05) is 11.6 Å². The van der Waals surface area contributed by atoms with Crippen LogP contribution < -0.4 is 10.2 Å². The maximum absolute atomic E-state index is 9.12. The minimum absolute atomic E-state index is 0.139. The van der Waals surface area contributed by atoms with E-state index in [2.05, 4.69) is 20.2 Å². The van der Waals surface area contributed by atoms with E-state index in [-0.39, 0.29) is 5.82 Å². The molecule has 1 aliphatic heterocycles. The number of benzene rings is 1. The Morgan fingerprint density at radius 2 is 1.91 bits per heavy atom. The second-order valence-electron chi connectivity index (χ2n) is 4.78. The van der Waals surface area contributed by atoms with Gasteiger partial charge in [0.25, 0.3) is 0 Å². The van der Waals surface area contributed by atoms with Crippen LogP contribution in [0.1, 0.15) is 5.82 Å². The second-order valence-corrected chi connectivity index (χ2v) is 5.21. The van der Waals surface area contributed by atoms with Gasteiger partial charge in [-0.15, -0.1) is 0 Å². The van der Waals surface area contributed by atoms with Crippen molar-refractivity contribution < 1.29 is 4.74 Å². The standard InChI is InChI=1S/C15H14ClN5O/c16-11-1-3-12(4-2-11)18-13-9-15(20-14(10-17)19-13)21-5-7-22-8-6-21/h1-4,9H,5-8H2,(H,18,19,20). The number of hydrogen-bond acceptors (Lipinski definition) is 6. The summed E-state index contributed by atoms with van der Waals surface area (Å²) in [5.74, 6) is 1.45. The van der Waals surface area contributed by atoms with Crippen molar-refractivity contribution in [2.45, 2.75) is 0 Å². The Balaban J connectivity index is 1.86. The maximum atomic E-state index is 9.12. The summed E-state index contributed by atoms with van der Waals surface area (Å²) in [6.45, 7) is 2.82. The summed E-state index contributed by atoms with van der Waals surface area (Å²) >= 11 is 5.87. The van der Waals surface area contributed by atoms with Crippen molar-refractivity contribution in [2.75, 3.05) is 36.5 Å². The Labute approximate surface area is 133 Å². The van der Waals surface area contributed by atoms with Gasteiger partial charge in [0.2, 0.25) is 5.82 Å². The lowest BCUT2D eigenvalue weighted by Crippen LogP contribution is -2.37. The van der Waals surface area contributed by atoms with Crippen LogP contribution in [0.2, 0.25) is 5.02 Å². The molecule has 0 aliphatic carbocycles. The van der Waals surface area contributed by atoms with Crippen molar-refractivity contribution in [1.82, 2.24) is 9.97 Å². The Hall–Kier alpha value is -2.36. The van der Waals surface area contributed by atoms with Gasteiger partial charge in [0.1, 0.15) is 17.7 Å². The molecule has 1 aliphatic rings. The third-order valence-electron chi connectivity index (χ3n) is 3.26. The molecular formula is C15H14ClN5O. The molecule has 1 aromatic heterocycles. The van der Waals surface area contributed by atoms with Gasteiger partial charge in [-0.25, -0.2) is 9.97 Å². The predicted octanol–water partition coefficient (Wildman–Crippen LogP) is 2.58. The van der Waals surface area contributed by atoms with Crippen LogP contribution in [0.4, 0.5) is 17.3 Å². The number of hydrogen-bond donors (Lipinski definition) is 1. The van der Waals surface area contributed by atoms with E-state index in [9.17, 15) is 0 Å². The highest BCUT2D eigenvalue weighted by molar-refractivity contribution is 6.30.